The van der Waals surface area contributed by atoms with Crippen molar-refractivity contribution >= 4 is 35.1 Å². The Morgan fingerprint density at radius 2 is 1.94 bits per heavy atom. The lowest BCUT2D eigenvalue weighted by Gasteiger charge is -2.63. The van der Waals surface area contributed by atoms with Gasteiger partial charge in [0.2, 0.25) is 5.78 Å². The molecule has 4 aliphatic carbocycles. The van der Waals surface area contributed by atoms with Crippen LogP contribution in [0.5, 0.6) is 0 Å². The second-order valence-electron chi connectivity index (χ2n) is 10.2. The van der Waals surface area contributed by atoms with Gasteiger partial charge in [-0.2, -0.15) is 5.26 Å². The number of nitriles is 1. The van der Waals surface area contributed by atoms with Crippen molar-refractivity contribution in [2.75, 3.05) is 6.61 Å². The topological polar surface area (TPSA) is 122 Å². The van der Waals surface area contributed by atoms with Crippen molar-refractivity contribution in [2.24, 2.45) is 22.7 Å². The van der Waals surface area contributed by atoms with Crippen molar-refractivity contribution in [3.05, 3.63) is 11.6 Å². The highest BCUT2D eigenvalue weighted by molar-refractivity contribution is 8.05. The third-order valence-electron chi connectivity index (χ3n) is 9.17. The number of hydrogen-bond acceptors (Lipinski definition) is 8. The molecular weight excluding hydrogens is 430 g/mol. The summed E-state index contributed by atoms with van der Waals surface area (Å²) in [5.41, 5.74) is -2.64. The zero-order valence-corrected chi connectivity index (χ0v) is 19.5. The van der Waals surface area contributed by atoms with Gasteiger partial charge < -0.3 is 9.84 Å². The number of Topliss-reactive ketones (excluding diaryl/α,β-unsaturated/α-hetero) is 2. The van der Waals surface area contributed by atoms with Crippen molar-refractivity contribution in [2.45, 2.75) is 76.1 Å². The largest absolute Gasteiger partial charge is 0.458 e. The van der Waals surface area contributed by atoms with E-state index in [1.54, 1.807) is 13.0 Å². The molecule has 0 radical (unpaired) electrons. The van der Waals surface area contributed by atoms with Gasteiger partial charge in [-0.3, -0.25) is 19.2 Å². The van der Waals surface area contributed by atoms with E-state index in [1.807, 2.05) is 0 Å². The summed E-state index contributed by atoms with van der Waals surface area (Å²) < 4.78 is 4.16. The Labute approximate surface area is 191 Å². The molecule has 0 bridgehead atoms. The van der Waals surface area contributed by atoms with E-state index in [9.17, 15) is 29.5 Å². The van der Waals surface area contributed by atoms with Crippen molar-refractivity contribution in [1.82, 2.24) is 0 Å². The van der Waals surface area contributed by atoms with Crippen LogP contribution in [0.1, 0.15) is 65.7 Å². The molecule has 0 saturated heterocycles. The number of thiocyanates is 1. The smallest absolute Gasteiger partial charge is 0.303 e. The zero-order valence-electron chi connectivity index (χ0n) is 18.7. The van der Waals surface area contributed by atoms with Gasteiger partial charge in [-0.1, -0.05) is 12.5 Å². The third kappa shape index (κ3) is 2.83. The maximum Gasteiger partial charge on any atom is 0.303 e. The molecule has 8 heteroatoms. The lowest BCUT2D eigenvalue weighted by molar-refractivity contribution is -0.174. The molecule has 7 nitrogen and oxygen atoms in total. The highest BCUT2D eigenvalue weighted by Crippen LogP contribution is 2.71. The molecule has 3 saturated carbocycles. The van der Waals surface area contributed by atoms with Gasteiger partial charge in [0.25, 0.3) is 0 Å². The van der Waals surface area contributed by atoms with Crippen LogP contribution in [0.25, 0.3) is 0 Å². The van der Waals surface area contributed by atoms with Gasteiger partial charge in [-0.15, -0.1) is 0 Å². The number of hydrogen-bond donors (Lipinski definition) is 1. The predicted octanol–water partition coefficient (Wildman–Crippen LogP) is 2.90. The molecule has 6 unspecified atom stereocenters. The van der Waals surface area contributed by atoms with Gasteiger partial charge >= 0.3 is 5.97 Å². The van der Waals surface area contributed by atoms with Gasteiger partial charge in [-0.25, -0.2) is 0 Å². The third-order valence-corrected chi connectivity index (χ3v) is 10.5. The van der Waals surface area contributed by atoms with Gasteiger partial charge in [-0.05, 0) is 68.7 Å². The summed E-state index contributed by atoms with van der Waals surface area (Å²) in [7, 11) is 0. The standard InChI is InChI=1S/C24H29NO6S/c1-14(26)31-12-20(29)23(30)9-7-17-18-5-4-15-10-16(27)6-8-21(15,2)24(18,32-13-25)11-19(28)22(17,23)3/h10,17-18,30H,4-9,11-12H2,1-3H3. The van der Waals surface area contributed by atoms with Crippen molar-refractivity contribution in [1.29, 1.82) is 5.26 Å². The number of allylic oxidation sites excluding steroid dienone is 1. The fraction of sp³-hybridized carbons (Fsp3) is 0.708. The number of ketones is 3. The molecule has 6 atom stereocenters. The number of rotatable bonds is 4. The van der Waals surface area contributed by atoms with Gasteiger partial charge in [0, 0.05) is 29.9 Å². The number of aliphatic hydroxyl groups is 1. The first-order valence-corrected chi connectivity index (χ1v) is 12.0. The summed E-state index contributed by atoms with van der Waals surface area (Å²) in [4.78, 5) is 50.2. The number of carbonyl (C=O) groups excluding carboxylic acids is 4. The summed E-state index contributed by atoms with van der Waals surface area (Å²) in [6.07, 6.45) is 4.78. The Hall–Kier alpha value is -1.98. The van der Waals surface area contributed by atoms with E-state index >= 15 is 0 Å². The Morgan fingerprint density at radius 3 is 2.59 bits per heavy atom. The van der Waals surface area contributed by atoms with Gasteiger partial charge in [0.15, 0.2) is 12.4 Å². The Morgan fingerprint density at radius 1 is 1.22 bits per heavy atom. The maximum atomic E-state index is 13.8. The Bertz CT molecular complexity index is 983. The van der Waals surface area contributed by atoms with E-state index in [1.165, 1.54) is 6.92 Å². The van der Waals surface area contributed by atoms with E-state index in [-0.39, 0.29) is 36.2 Å². The first kappa shape index (κ1) is 23.2. The van der Waals surface area contributed by atoms with Gasteiger partial charge in [0.1, 0.15) is 16.8 Å². The number of fused-ring (bicyclic) bond motifs is 5. The predicted molar refractivity (Wildman–Crippen MR) is 116 cm³/mol. The molecule has 0 aliphatic heterocycles. The first-order valence-electron chi connectivity index (χ1n) is 11.2. The fourth-order valence-corrected chi connectivity index (χ4v) is 8.56. The molecular formula is C24H29NO6S. The van der Waals surface area contributed by atoms with E-state index < -0.39 is 39.5 Å². The quantitative estimate of drug-likeness (QED) is 0.503. The van der Waals surface area contributed by atoms with Crippen molar-refractivity contribution in [3.8, 4) is 5.40 Å². The van der Waals surface area contributed by atoms with Crippen LogP contribution in [0.15, 0.2) is 11.6 Å². The molecule has 3 fully saturated rings. The summed E-state index contributed by atoms with van der Waals surface area (Å²) in [6.45, 7) is 4.39. The molecule has 4 aliphatic rings. The van der Waals surface area contributed by atoms with Crippen LogP contribution >= 0.6 is 11.8 Å². The fourth-order valence-electron chi connectivity index (χ4n) is 7.30. The summed E-state index contributed by atoms with van der Waals surface area (Å²) >= 11 is 1.14. The highest BCUT2D eigenvalue weighted by atomic mass is 32.2. The minimum atomic E-state index is -1.90. The molecule has 4 rings (SSSR count). The number of esters is 1. The van der Waals surface area contributed by atoms with Crippen LogP contribution in [0, 0.1) is 33.3 Å². The molecule has 0 aromatic heterocycles. The molecule has 0 aromatic carbocycles. The zero-order chi connectivity index (χ0) is 23.5. The van der Waals surface area contributed by atoms with Gasteiger partial charge in [0.05, 0.1) is 5.41 Å². The minimum absolute atomic E-state index is 0.0549. The maximum absolute atomic E-state index is 13.8. The molecule has 0 aromatic rings. The molecule has 0 amide bonds. The number of carbonyl (C=O) groups is 4. The van der Waals surface area contributed by atoms with Crippen LogP contribution in [-0.4, -0.2) is 45.4 Å². The first-order chi connectivity index (χ1) is 15.0. The Balaban J connectivity index is 1.78. The molecule has 1 N–H and O–H groups in total. The number of ether oxygens (including phenoxy) is 1. The van der Waals surface area contributed by atoms with Crippen molar-refractivity contribution < 1.29 is 29.0 Å². The molecule has 0 heterocycles. The molecule has 0 spiro atoms. The van der Waals surface area contributed by atoms with E-state index in [4.69, 9.17) is 4.74 Å². The minimum Gasteiger partial charge on any atom is -0.458 e. The average Bonchev–Trinajstić information content (AvgIpc) is 3.01. The average molecular weight is 460 g/mol. The normalized spacial score (nSPS) is 42.8. The summed E-state index contributed by atoms with van der Waals surface area (Å²) in [5.74, 6) is -1.72. The number of thioether (sulfide) groups is 1. The highest BCUT2D eigenvalue weighted by Gasteiger charge is 2.74. The summed E-state index contributed by atoms with van der Waals surface area (Å²) in [6, 6.07) is 0. The van der Waals surface area contributed by atoms with E-state index in [0.717, 1.165) is 17.3 Å². The monoisotopic (exact) mass is 459 g/mol. The van der Waals surface area contributed by atoms with Crippen LogP contribution in [-0.2, 0) is 23.9 Å². The second-order valence-corrected chi connectivity index (χ2v) is 11.3. The lowest BCUT2D eigenvalue weighted by Crippen LogP contribution is -2.68. The second kappa shape index (κ2) is 7.53. The SMILES string of the molecule is CC(=O)OCC(=O)C1(O)CCC2C3CCC4=CC(=O)CCC4(C)C3(SC#N)CC(=O)C21C. The van der Waals surface area contributed by atoms with Crippen LogP contribution in [0.2, 0.25) is 0 Å². The molecule has 172 valence electrons. The lowest BCUT2D eigenvalue weighted by atomic mass is 9.45. The summed E-state index contributed by atoms with van der Waals surface area (Å²) in [5, 5.41) is 23.6. The molecule has 32 heavy (non-hydrogen) atoms. The van der Waals surface area contributed by atoms with E-state index in [0.29, 0.717) is 32.1 Å². The van der Waals surface area contributed by atoms with E-state index in [2.05, 4.69) is 12.3 Å². The van der Waals surface area contributed by atoms with Crippen molar-refractivity contribution in [3.63, 3.8) is 0 Å². The van der Waals surface area contributed by atoms with Crippen LogP contribution in [0.3, 0.4) is 0 Å². The Kier molecular flexibility index (Phi) is 5.45. The number of nitrogens with zero attached hydrogens (tertiary/aromatic N) is 1. The van der Waals surface area contributed by atoms with Crippen LogP contribution in [0.4, 0.5) is 0 Å². The van der Waals surface area contributed by atoms with Crippen LogP contribution < -0.4 is 0 Å².